The van der Waals surface area contributed by atoms with E-state index >= 15 is 0 Å². The van der Waals surface area contributed by atoms with Crippen molar-refractivity contribution in [2.75, 3.05) is 0 Å². The van der Waals surface area contributed by atoms with E-state index in [4.69, 9.17) is 0 Å². The maximum absolute atomic E-state index is 13.8. The normalized spacial score (nSPS) is 29.3. The van der Waals surface area contributed by atoms with Crippen molar-refractivity contribution in [3.63, 3.8) is 0 Å². The number of rotatable bonds is 10. The fraction of sp³-hybridized carbons (Fsp3) is 0.769. The molecule has 1 aliphatic rings. The van der Waals surface area contributed by atoms with Gasteiger partial charge in [-0.05, 0) is 65.2 Å². The Kier molecular flexibility index (Phi) is 10.2. The molecule has 1 aliphatic carbocycles. The number of hydrogen-bond donors (Lipinski definition) is 2. The highest BCUT2D eigenvalue weighted by Crippen LogP contribution is 2.48. The monoisotopic (exact) mass is 420 g/mol. The van der Waals surface area contributed by atoms with Crippen LogP contribution in [0.15, 0.2) is 23.3 Å². The van der Waals surface area contributed by atoms with E-state index in [1.54, 1.807) is 0 Å². The minimum absolute atomic E-state index is 0.114. The van der Waals surface area contributed by atoms with Crippen molar-refractivity contribution in [3.05, 3.63) is 23.3 Å². The van der Waals surface area contributed by atoms with Crippen LogP contribution in [0.4, 0.5) is 0 Å². The highest BCUT2D eigenvalue weighted by Gasteiger charge is 2.58. The van der Waals surface area contributed by atoms with Crippen LogP contribution in [-0.2, 0) is 9.59 Å². The summed E-state index contributed by atoms with van der Waals surface area (Å²) in [5, 5.41) is 22.6. The molecule has 4 heteroatoms. The Labute approximate surface area is 183 Å². The van der Waals surface area contributed by atoms with E-state index in [0.29, 0.717) is 25.2 Å². The predicted molar refractivity (Wildman–Crippen MR) is 123 cm³/mol. The second-order valence-electron chi connectivity index (χ2n) is 10.6. The first-order chi connectivity index (χ1) is 13.8. The van der Waals surface area contributed by atoms with Gasteiger partial charge in [-0.1, -0.05) is 51.0 Å². The number of ketones is 2. The summed E-state index contributed by atoms with van der Waals surface area (Å²) in [4.78, 5) is 26.9. The van der Waals surface area contributed by atoms with Crippen molar-refractivity contribution < 1.29 is 19.8 Å². The summed E-state index contributed by atoms with van der Waals surface area (Å²) in [6.45, 7) is 16.0. The average molecular weight is 421 g/mol. The fourth-order valence-corrected chi connectivity index (χ4v) is 4.49. The van der Waals surface area contributed by atoms with Crippen LogP contribution in [0.3, 0.4) is 0 Å². The molecular formula is C26H44O4. The van der Waals surface area contributed by atoms with Gasteiger partial charge in [0.05, 0.1) is 17.6 Å². The molecule has 0 aromatic heterocycles. The van der Waals surface area contributed by atoms with Gasteiger partial charge in [-0.2, -0.15) is 0 Å². The van der Waals surface area contributed by atoms with Gasteiger partial charge < -0.3 is 10.2 Å². The number of aliphatic hydroxyl groups excluding tert-OH is 2. The zero-order valence-electron chi connectivity index (χ0n) is 20.4. The molecule has 5 atom stereocenters. The number of Topliss-reactive ketones (excluding diaryl/α,β-unsaturated/α-hetero) is 2. The molecule has 0 aromatic rings. The highest BCUT2D eigenvalue weighted by molar-refractivity contribution is 6.06. The van der Waals surface area contributed by atoms with Crippen LogP contribution in [0.5, 0.6) is 0 Å². The third kappa shape index (κ3) is 6.62. The van der Waals surface area contributed by atoms with Crippen molar-refractivity contribution in [2.24, 2.45) is 29.1 Å². The molecule has 0 bridgehead atoms. The smallest absolute Gasteiger partial charge is 0.155 e. The highest BCUT2D eigenvalue weighted by atomic mass is 16.3. The van der Waals surface area contributed by atoms with Crippen molar-refractivity contribution in [1.82, 2.24) is 0 Å². The summed E-state index contributed by atoms with van der Waals surface area (Å²) in [7, 11) is 0. The number of hydrogen-bond acceptors (Lipinski definition) is 4. The number of carbonyl (C=O) groups is 2. The van der Waals surface area contributed by atoms with Crippen LogP contribution in [0.2, 0.25) is 0 Å². The van der Waals surface area contributed by atoms with Gasteiger partial charge in [-0.15, -0.1) is 0 Å². The largest absolute Gasteiger partial charge is 0.392 e. The second-order valence-corrected chi connectivity index (χ2v) is 10.6. The predicted octanol–water partition coefficient (Wildman–Crippen LogP) is 5.27. The molecule has 1 saturated carbocycles. The second kappa shape index (κ2) is 11.4. The molecule has 5 unspecified atom stereocenters. The van der Waals surface area contributed by atoms with E-state index in [2.05, 4.69) is 13.8 Å². The molecular weight excluding hydrogens is 376 g/mol. The molecule has 0 aromatic carbocycles. The Morgan fingerprint density at radius 2 is 1.57 bits per heavy atom. The van der Waals surface area contributed by atoms with E-state index in [1.165, 1.54) is 0 Å². The molecule has 2 N–H and O–H groups in total. The molecule has 0 amide bonds. The molecule has 0 spiro atoms. The Morgan fingerprint density at radius 1 is 1.00 bits per heavy atom. The molecule has 0 heterocycles. The first kappa shape index (κ1) is 26.8. The SMILES string of the molecule is CC(C)=CCC1C(O)C(C(=O)CC(C)C)C(=O)C(CC=C(C)C)(CCC(C)C)C1O. The van der Waals surface area contributed by atoms with Gasteiger partial charge >= 0.3 is 0 Å². The van der Waals surface area contributed by atoms with Crippen molar-refractivity contribution in [2.45, 2.75) is 99.7 Å². The van der Waals surface area contributed by atoms with E-state index in [0.717, 1.165) is 17.6 Å². The minimum atomic E-state index is -1.15. The summed E-state index contributed by atoms with van der Waals surface area (Å²) in [6.07, 6.45) is 4.32. The zero-order chi connectivity index (χ0) is 23.2. The van der Waals surface area contributed by atoms with E-state index < -0.39 is 29.5 Å². The summed E-state index contributed by atoms with van der Waals surface area (Å²) >= 11 is 0. The third-order valence-electron chi connectivity index (χ3n) is 6.32. The standard InChI is InChI=1S/C26H44O4/c1-16(2)9-10-20-23(28)22(21(27)15-19(7)8)25(30)26(24(20)29,13-11-17(3)4)14-12-18(5)6/h9,11,18-20,22-24,28-29H,10,12-15H2,1-8H3. The number of aliphatic hydroxyl groups is 2. The fourth-order valence-electron chi connectivity index (χ4n) is 4.49. The number of allylic oxidation sites excluding steroid dienone is 4. The third-order valence-corrected chi connectivity index (χ3v) is 6.32. The maximum Gasteiger partial charge on any atom is 0.155 e. The lowest BCUT2D eigenvalue weighted by Gasteiger charge is -2.49. The van der Waals surface area contributed by atoms with Crippen molar-refractivity contribution in [1.29, 1.82) is 0 Å². The van der Waals surface area contributed by atoms with Gasteiger partial charge in [0.15, 0.2) is 5.78 Å². The zero-order valence-corrected chi connectivity index (χ0v) is 20.4. The van der Waals surface area contributed by atoms with Crippen LogP contribution in [0, 0.1) is 29.1 Å². The van der Waals surface area contributed by atoms with Crippen LogP contribution in [0.25, 0.3) is 0 Å². The average Bonchev–Trinajstić information content (AvgIpc) is 2.60. The lowest BCUT2D eigenvalue weighted by Crippen LogP contribution is -2.61. The molecule has 4 nitrogen and oxygen atoms in total. The summed E-state index contributed by atoms with van der Waals surface area (Å²) in [5.74, 6) is -1.55. The molecule has 172 valence electrons. The topological polar surface area (TPSA) is 74.6 Å². The first-order valence-electron chi connectivity index (χ1n) is 11.5. The molecule has 1 fully saturated rings. The Hall–Kier alpha value is -1.26. The van der Waals surface area contributed by atoms with Crippen LogP contribution in [0.1, 0.15) is 87.5 Å². The lowest BCUT2D eigenvalue weighted by atomic mass is 9.56. The van der Waals surface area contributed by atoms with Crippen molar-refractivity contribution in [3.8, 4) is 0 Å². The van der Waals surface area contributed by atoms with Crippen LogP contribution >= 0.6 is 0 Å². The van der Waals surface area contributed by atoms with Gasteiger partial charge in [-0.25, -0.2) is 0 Å². The Balaban J connectivity index is 3.54. The van der Waals surface area contributed by atoms with Gasteiger partial charge in [0.2, 0.25) is 0 Å². The Bertz CT molecular complexity index is 650. The molecule has 0 radical (unpaired) electrons. The molecule has 0 saturated heterocycles. The summed E-state index contributed by atoms with van der Waals surface area (Å²) in [5.41, 5.74) is 1.14. The first-order valence-corrected chi connectivity index (χ1v) is 11.5. The Morgan fingerprint density at radius 3 is 2.03 bits per heavy atom. The van der Waals surface area contributed by atoms with Gasteiger partial charge in [-0.3, -0.25) is 9.59 Å². The summed E-state index contributed by atoms with van der Waals surface area (Å²) < 4.78 is 0. The maximum atomic E-state index is 13.8. The van der Waals surface area contributed by atoms with Gasteiger partial charge in [0, 0.05) is 12.3 Å². The summed E-state index contributed by atoms with van der Waals surface area (Å²) in [6, 6.07) is 0. The lowest BCUT2D eigenvalue weighted by molar-refractivity contribution is -0.172. The van der Waals surface area contributed by atoms with E-state index in [-0.39, 0.29) is 23.9 Å². The van der Waals surface area contributed by atoms with Gasteiger partial charge in [0.1, 0.15) is 11.7 Å². The van der Waals surface area contributed by atoms with Crippen LogP contribution in [-0.4, -0.2) is 34.0 Å². The molecule has 30 heavy (non-hydrogen) atoms. The van der Waals surface area contributed by atoms with E-state index in [1.807, 2.05) is 53.7 Å². The van der Waals surface area contributed by atoms with E-state index in [9.17, 15) is 19.8 Å². The van der Waals surface area contributed by atoms with Crippen molar-refractivity contribution >= 4 is 11.6 Å². The van der Waals surface area contributed by atoms with Gasteiger partial charge in [0.25, 0.3) is 0 Å². The molecule has 0 aliphatic heterocycles. The van der Waals surface area contributed by atoms with Crippen LogP contribution < -0.4 is 0 Å². The molecule has 1 rings (SSSR count). The quantitative estimate of drug-likeness (QED) is 0.373. The minimum Gasteiger partial charge on any atom is -0.392 e. The number of carbonyl (C=O) groups excluding carboxylic acids is 2.